The zero-order valence-corrected chi connectivity index (χ0v) is 11.8. The van der Waals surface area contributed by atoms with Gasteiger partial charge in [0.1, 0.15) is 0 Å². The fraction of sp³-hybridized carbons (Fsp3) is 0.538. The van der Waals surface area contributed by atoms with Crippen LogP contribution in [0.2, 0.25) is 11.1 Å². The van der Waals surface area contributed by atoms with E-state index in [0.717, 1.165) is 11.6 Å². The first-order valence-electron chi connectivity index (χ1n) is 6.20. The quantitative estimate of drug-likeness (QED) is 0.751. The molecule has 0 amide bonds. The summed E-state index contributed by atoms with van der Waals surface area (Å²) in [6.07, 6.45) is 5.11. The molecule has 1 aliphatic heterocycles. The molecule has 1 saturated heterocycles. The molecule has 0 N–H and O–H groups in total. The molecular formula is C13H19ClOSi. The van der Waals surface area contributed by atoms with E-state index in [1.807, 2.05) is 12.1 Å². The first kappa shape index (κ1) is 12.2. The van der Waals surface area contributed by atoms with E-state index in [-0.39, 0.29) is 9.52 Å². The zero-order valence-electron chi connectivity index (χ0n) is 9.62. The molecule has 0 spiro atoms. The van der Waals surface area contributed by atoms with Gasteiger partial charge in [-0.3, -0.25) is 0 Å². The monoisotopic (exact) mass is 254 g/mol. The Kier molecular flexibility index (Phi) is 4.88. The van der Waals surface area contributed by atoms with Crippen LogP contribution in [0.1, 0.15) is 24.8 Å². The van der Waals surface area contributed by atoms with Crippen molar-refractivity contribution in [1.82, 2.24) is 0 Å². The number of halogens is 1. The van der Waals surface area contributed by atoms with Crippen molar-refractivity contribution in [2.45, 2.75) is 37.5 Å². The van der Waals surface area contributed by atoms with Crippen molar-refractivity contribution in [3.05, 3.63) is 34.9 Å². The highest BCUT2D eigenvalue weighted by Crippen LogP contribution is 2.15. The van der Waals surface area contributed by atoms with E-state index in [1.165, 1.54) is 37.3 Å². The molecule has 0 bridgehead atoms. The number of aryl methyl sites for hydroxylation is 1. The van der Waals surface area contributed by atoms with Crippen LogP contribution in [-0.4, -0.2) is 21.9 Å². The van der Waals surface area contributed by atoms with Crippen LogP contribution in [0.3, 0.4) is 0 Å². The van der Waals surface area contributed by atoms with Crippen LogP contribution < -0.4 is 0 Å². The minimum absolute atomic E-state index is 0.0559. The standard InChI is InChI=1S/C13H19ClOSi/c14-12-5-3-4-11(10-12)7-9-16-13-6-1-2-8-15-13/h3-5,10,13H,1-2,6-9,16H2. The van der Waals surface area contributed by atoms with Gasteiger partial charge < -0.3 is 4.74 Å². The number of benzene rings is 1. The average Bonchev–Trinajstić information content (AvgIpc) is 2.30. The summed E-state index contributed by atoms with van der Waals surface area (Å²) in [7, 11) is -0.0559. The lowest BCUT2D eigenvalue weighted by Gasteiger charge is -2.22. The third kappa shape index (κ3) is 3.93. The molecule has 0 radical (unpaired) electrons. The minimum Gasteiger partial charge on any atom is -0.382 e. The van der Waals surface area contributed by atoms with Crippen LogP contribution in [0.25, 0.3) is 0 Å². The van der Waals surface area contributed by atoms with Crippen molar-refractivity contribution in [2.75, 3.05) is 6.61 Å². The van der Waals surface area contributed by atoms with Crippen LogP contribution in [0.15, 0.2) is 24.3 Å². The maximum atomic E-state index is 5.96. The molecule has 88 valence electrons. The Balaban J connectivity index is 1.71. The van der Waals surface area contributed by atoms with Gasteiger partial charge in [-0.1, -0.05) is 29.8 Å². The molecule has 0 aromatic heterocycles. The van der Waals surface area contributed by atoms with Crippen LogP contribution in [0.4, 0.5) is 0 Å². The van der Waals surface area contributed by atoms with Gasteiger partial charge in [-0.05, 0) is 43.4 Å². The highest BCUT2D eigenvalue weighted by molar-refractivity contribution is 6.37. The number of hydrogen-bond acceptors (Lipinski definition) is 1. The van der Waals surface area contributed by atoms with Crippen LogP contribution in [0, 0.1) is 0 Å². The molecule has 1 aromatic rings. The summed E-state index contributed by atoms with van der Waals surface area (Å²) in [6, 6.07) is 9.56. The van der Waals surface area contributed by atoms with Gasteiger partial charge in [0.2, 0.25) is 0 Å². The Labute approximate surface area is 105 Å². The molecule has 1 atom stereocenters. The molecule has 0 saturated carbocycles. The molecule has 1 fully saturated rings. The maximum absolute atomic E-state index is 5.96. The van der Waals surface area contributed by atoms with Gasteiger partial charge in [0, 0.05) is 17.4 Å². The Morgan fingerprint density at radius 2 is 2.31 bits per heavy atom. The molecule has 1 nitrogen and oxygen atoms in total. The molecule has 1 aliphatic rings. The third-order valence-corrected chi connectivity index (χ3v) is 5.44. The van der Waals surface area contributed by atoms with Gasteiger partial charge in [0.05, 0.1) is 9.52 Å². The van der Waals surface area contributed by atoms with Crippen molar-refractivity contribution < 1.29 is 4.74 Å². The zero-order chi connectivity index (χ0) is 11.2. The van der Waals surface area contributed by atoms with E-state index in [0.29, 0.717) is 5.73 Å². The van der Waals surface area contributed by atoms with Gasteiger partial charge in [0.15, 0.2) is 0 Å². The summed E-state index contributed by atoms with van der Waals surface area (Å²) >= 11 is 5.96. The number of ether oxygens (including phenoxy) is 1. The molecule has 16 heavy (non-hydrogen) atoms. The highest BCUT2D eigenvalue weighted by atomic mass is 35.5. The number of hydrogen-bond donors (Lipinski definition) is 0. The molecule has 3 heteroatoms. The average molecular weight is 255 g/mol. The fourth-order valence-electron chi connectivity index (χ4n) is 2.26. The maximum Gasteiger partial charge on any atom is 0.0559 e. The lowest BCUT2D eigenvalue weighted by molar-refractivity contribution is 0.0650. The summed E-state index contributed by atoms with van der Waals surface area (Å²) in [5.74, 6) is 0. The molecular weight excluding hydrogens is 236 g/mol. The summed E-state index contributed by atoms with van der Waals surface area (Å²) in [5, 5.41) is 0.855. The smallest absolute Gasteiger partial charge is 0.0559 e. The third-order valence-electron chi connectivity index (χ3n) is 3.15. The Morgan fingerprint density at radius 1 is 1.38 bits per heavy atom. The Hall–Kier alpha value is -0.313. The van der Waals surface area contributed by atoms with Crippen molar-refractivity contribution in [3.8, 4) is 0 Å². The fourth-order valence-corrected chi connectivity index (χ4v) is 4.45. The van der Waals surface area contributed by atoms with E-state index in [4.69, 9.17) is 16.3 Å². The van der Waals surface area contributed by atoms with Gasteiger partial charge in [-0.2, -0.15) is 0 Å². The second kappa shape index (κ2) is 6.43. The first-order chi connectivity index (χ1) is 7.84. The van der Waals surface area contributed by atoms with Gasteiger partial charge in [-0.15, -0.1) is 0 Å². The molecule has 0 aliphatic carbocycles. The van der Waals surface area contributed by atoms with E-state index in [1.54, 1.807) is 0 Å². The van der Waals surface area contributed by atoms with Crippen LogP contribution in [0.5, 0.6) is 0 Å². The summed E-state index contributed by atoms with van der Waals surface area (Å²) < 4.78 is 5.78. The topological polar surface area (TPSA) is 9.23 Å². The van der Waals surface area contributed by atoms with E-state index in [9.17, 15) is 0 Å². The predicted octanol–water partition coefficient (Wildman–Crippen LogP) is 3.00. The van der Waals surface area contributed by atoms with Crippen molar-refractivity contribution in [1.29, 1.82) is 0 Å². The molecule has 1 aromatic carbocycles. The molecule has 1 unspecified atom stereocenters. The van der Waals surface area contributed by atoms with Crippen LogP contribution >= 0.6 is 11.6 Å². The van der Waals surface area contributed by atoms with Gasteiger partial charge in [0.25, 0.3) is 0 Å². The van der Waals surface area contributed by atoms with E-state index >= 15 is 0 Å². The molecule has 1 heterocycles. The Morgan fingerprint density at radius 3 is 3.06 bits per heavy atom. The van der Waals surface area contributed by atoms with Gasteiger partial charge >= 0.3 is 0 Å². The summed E-state index contributed by atoms with van der Waals surface area (Å²) in [5.41, 5.74) is 2.02. The van der Waals surface area contributed by atoms with Crippen molar-refractivity contribution in [2.24, 2.45) is 0 Å². The van der Waals surface area contributed by atoms with Crippen molar-refractivity contribution in [3.63, 3.8) is 0 Å². The normalized spacial score (nSPS) is 21.7. The summed E-state index contributed by atoms with van der Waals surface area (Å²) in [4.78, 5) is 0. The minimum atomic E-state index is -0.0559. The van der Waals surface area contributed by atoms with Gasteiger partial charge in [-0.25, -0.2) is 0 Å². The lowest BCUT2D eigenvalue weighted by atomic mass is 10.2. The van der Waals surface area contributed by atoms with Crippen molar-refractivity contribution >= 4 is 21.1 Å². The predicted molar refractivity (Wildman–Crippen MR) is 72.1 cm³/mol. The SMILES string of the molecule is Clc1cccc(CC[SiH2]C2CCCCO2)c1. The largest absolute Gasteiger partial charge is 0.382 e. The second-order valence-electron chi connectivity index (χ2n) is 4.51. The van der Waals surface area contributed by atoms with E-state index < -0.39 is 0 Å². The number of rotatable bonds is 4. The highest BCUT2D eigenvalue weighted by Gasteiger charge is 2.13. The summed E-state index contributed by atoms with van der Waals surface area (Å²) in [6.45, 7) is 0.995. The Bertz CT molecular complexity index is 323. The lowest BCUT2D eigenvalue weighted by Crippen LogP contribution is -2.25. The first-order valence-corrected chi connectivity index (χ1v) is 8.40. The second-order valence-corrected chi connectivity index (χ2v) is 7.14. The van der Waals surface area contributed by atoms with E-state index in [2.05, 4.69) is 12.1 Å². The van der Waals surface area contributed by atoms with Crippen LogP contribution in [-0.2, 0) is 11.2 Å². The molecule has 2 rings (SSSR count).